The number of rotatable bonds is 7. The van der Waals surface area contributed by atoms with E-state index < -0.39 is 21.9 Å². The molecule has 0 atom stereocenters. The molecule has 0 fully saturated rings. The zero-order valence-electron chi connectivity index (χ0n) is 13.7. The van der Waals surface area contributed by atoms with E-state index >= 15 is 0 Å². The Labute approximate surface area is 136 Å². The molecule has 0 heterocycles. The molecule has 0 aromatic heterocycles. The highest BCUT2D eigenvalue weighted by atomic mass is 32.2. The fourth-order valence-corrected chi connectivity index (χ4v) is 2.00. The maximum Gasteiger partial charge on any atom is 0.412 e. The maximum atomic E-state index is 11.7. The number of benzene rings is 1. The number of nitrogens with one attached hydrogen (secondary N) is 3. The van der Waals surface area contributed by atoms with E-state index in [9.17, 15) is 13.2 Å². The van der Waals surface area contributed by atoms with Crippen LogP contribution in [0.4, 0.5) is 10.5 Å². The first-order chi connectivity index (χ1) is 10.6. The Morgan fingerprint density at radius 2 is 1.96 bits per heavy atom. The molecule has 1 rings (SSSR count). The molecular formula is C14H23N3O5S. The molecule has 0 bridgehead atoms. The second kappa shape index (κ2) is 8.14. The van der Waals surface area contributed by atoms with Gasteiger partial charge in [0.15, 0.2) is 0 Å². The van der Waals surface area contributed by atoms with E-state index in [4.69, 9.17) is 9.47 Å². The molecule has 0 spiro atoms. The quantitative estimate of drug-likeness (QED) is 0.649. The number of carbonyl (C=O) groups excluding carboxylic acids is 1. The first kappa shape index (κ1) is 19.2. The highest BCUT2D eigenvalue weighted by Crippen LogP contribution is 2.18. The van der Waals surface area contributed by atoms with Crippen molar-refractivity contribution in [3.63, 3.8) is 0 Å². The van der Waals surface area contributed by atoms with Gasteiger partial charge in [0.25, 0.3) is 10.2 Å². The van der Waals surface area contributed by atoms with E-state index in [-0.39, 0.29) is 13.2 Å². The lowest BCUT2D eigenvalue weighted by molar-refractivity contribution is 0.0636. The summed E-state index contributed by atoms with van der Waals surface area (Å²) in [5, 5.41) is 2.60. The molecule has 23 heavy (non-hydrogen) atoms. The summed E-state index contributed by atoms with van der Waals surface area (Å²) in [5.74, 6) is 0.502. The third-order valence-electron chi connectivity index (χ3n) is 2.41. The molecule has 0 aliphatic carbocycles. The van der Waals surface area contributed by atoms with Crippen molar-refractivity contribution in [1.29, 1.82) is 0 Å². The van der Waals surface area contributed by atoms with Crippen molar-refractivity contribution >= 4 is 22.0 Å². The lowest BCUT2D eigenvalue weighted by Crippen LogP contribution is -2.36. The van der Waals surface area contributed by atoms with E-state index in [1.807, 2.05) is 0 Å². The molecule has 1 aromatic rings. The van der Waals surface area contributed by atoms with Crippen molar-refractivity contribution in [2.45, 2.75) is 26.4 Å². The number of anilines is 1. The van der Waals surface area contributed by atoms with Gasteiger partial charge < -0.3 is 9.47 Å². The molecule has 0 radical (unpaired) electrons. The van der Waals surface area contributed by atoms with Crippen LogP contribution in [0.1, 0.15) is 20.8 Å². The van der Waals surface area contributed by atoms with Gasteiger partial charge in [0.05, 0.1) is 0 Å². The Hall–Kier alpha value is -1.84. The van der Waals surface area contributed by atoms with Gasteiger partial charge in [0, 0.05) is 25.3 Å². The third-order valence-corrected chi connectivity index (χ3v) is 3.53. The molecule has 3 N–H and O–H groups in total. The smallest absolute Gasteiger partial charge is 0.412 e. The zero-order valence-corrected chi connectivity index (χ0v) is 14.5. The van der Waals surface area contributed by atoms with Gasteiger partial charge in [-0.3, -0.25) is 5.32 Å². The van der Waals surface area contributed by atoms with Crippen LogP contribution in [-0.4, -0.2) is 40.3 Å². The molecule has 1 aromatic carbocycles. The minimum absolute atomic E-state index is 0.118. The Kier molecular flexibility index (Phi) is 6.79. The number of hydrogen-bond donors (Lipinski definition) is 3. The highest BCUT2D eigenvalue weighted by molar-refractivity contribution is 7.87. The summed E-state index contributed by atoms with van der Waals surface area (Å²) in [6, 6.07) is 6.73. The highest BCUT2D eigenvalue weighted by Gasteiger charge is 2.16. The van der Waals surface area contributed by atoms with E-state index in [2.05, 4.69) is 14.8 Å². The Balaban J connectivity index is 2.49. The maximum absolute atomic E-state index is 11.7. The van der Waals surface area contributed by atoms with Crippen LogP contribution >= 0.6 is 0 Å². The molecule has 0 unspecified atom stereocenters. The predicted octanol–water partition coefficient (Wildman–Crippen LogP) is 1.47. The molecule has 0 saturated carbocycles. The van der Waals surface area contributed by atoms with Gasteiger partial charge in [-0.25, -0.2) is 9.52 Å². The number of carbonyl (C=O) groups is 1. The van der Waals surface area contributed by atoms with Gasteiger partial charge in [-0.2, -0.15) is 13.1 Å². The normalized spacial score (nSPS) is 11.8. The molecule has 0 saturated heterocycles. The summed E-state index contributed by atoms with van der Waals surface area (Å²) < 4.78 is 37.3. The fraction of sp³-hybridized carbons (Fsp3) is 0.500. The molecule has 8 nitrogen and oxygen atoms in total. The largest absolute Gasteiger partial charge is 0.492 e. The third kappa shape index (κ3) is 8.38. The van der Waals surface area contributed by atoms with Gasteiger partial charge in [-0.1, -0.05) is 6.07 Å². The molecule has 0 aliphatic heterocycles. The lowest BCUT2D eigenvalue weighted by Gasteiger charge is -2.19. The minimum Gasteiger partial charge on any atom is -0.492 e. The average molecular weight is 345 g/mol. The zero-order chi connectivity index (χ0) is 17.5. The van der Waals surface area contributed by atoms with Crippen molar-refractivity contribution in [3.05, 3.63) is 24.3 Å². The second-order valence-electron chi connectivity index (χ2n) is 5.61. The van der Waals surface area contributed by atoms with Gasteiger partial charge in [-0.05, 0) is 32.9 Å². The second-order valence-corrected chi connectivity index (χ2v) is 7.31. The summed E-state index contributed by atoms with van der Waals surface area (Å²) in [7, 11) is -2.15. The van der Waals surface area contributed by atoms with E-state index in [1.54, 1.807) is 45.0 Å². The Morgan fingerprint density at radius 3 is 2.57 bits per heavy atom. The summed E-state index contributed by atoms with van der Waals surface area (Å²) in [5.41, 5.74) is -0.0598. The lowest BCUT2D eigenvalue weighted by atomic mass is 10.2. The summed E-state index contributed by atoms with van der Waals surface area (Å²) in [6.07, 6.45) is -0.559. The SMILES string of the molecule is CNS(=O)(=O)NCCOc1cccc(NC(=O)OC(C)(C)C)c1. The van der Waals surface area contributed by atoms with Crippen LogP contribution < -0.4 is 19.5 Å². The Bertz CT molecular complexity index is 626. The van der Waals surface area contributed by atoms with E-state index in [0.29, 0.717) is 11.4 Å². The monoisotopic (exact) mass is 345 g/mol. The van der Waals surface area contributed by atoms with E-state index in [1.165, 1.54) is 7.05 Å². The first-order valence-corrected chi connectivity index (χ1v) is 8.50. The minimum atomic E-state index is -3.47. The number of amides is 1. The molecule has 130 valence electrons. The molecular weight excluding hydrogens is 322 g/mol. The summed E-state index contributed by atoms with van der Waals surface area (Å²) >= 11 is 0. The van der Waals surface area contributed by atoms with Crippen molar-refractivity contribution in [3.8, 4) is 5.75 Å². The van der Waals surface area contributed by atoms with Crippen LogP contribution in [0.2, 0.25) is 0 Å². The number of ether oxygens (including phenoxy) is 2. The van der Waals surface area contributed by atoms with Crippen molar-refractivity contribution < 1.29 is 22.7 Å². The van der Waals surface area contributed by atoms with E-state index in [0.717, 1.165) is 0 Å². The summed E-state index contributed by atoms with van der Waals surface area (Å²) in [6.45, 7) is 5.60. The van der Waals surface area contributed by atoms with Crippen LogP contribution in [0, 0.1) is 0 Å². The average Bonchev–Trinajstić information content (AvgIpc) is 2.42. The molecule has 1 amide bonds. The van der Waals surface area contributed by atoms with Crippen LogP contribution in [-0.2, 0) is 14.9 Å². The van der Waals surface area contributed by atoms with Crippen LogP contribution in [0.5, 0.6) is 5.75 Å². The van der Waals surface area contributed by atoms with Gasteiger partial charge in [0.2, 0.25) is 0 Å². The Morgan fingerprint density at radius 1 is 1.26 bits per heavy atom. The predicted molar refractivity (Wildman–Crippen MR) is 87.8 cm³/mol. The van der Waals surface area contributed by atoms with Gasteiger partial charge in [0.1, 0.15) is 18.0 Å². The van der Waals surface area contributed by atoms with Crippen LogP contribution in [0.15, 0.2) is 24.3 Å². The topological polar surface area (TPSA) is 106 Å². The standard InChI is InChI=1S/C14H23N3O5S/c1-14(2,3)22-13(18)17-11-6-5-7-12(10-11)21-9-8-16-23(19,20)15-4/h5-7,10,15-16H,8-9H2,1-4H3,(H,17,18). The van der Waals surface area contributed by atoms with Crippen molar-refractivity contribution in [1.82, 2.24) is 9.44 Å². The van der Waals surface area contributed by atoms with Gasteiger partial charge in [-0.15, -0.1) is 0 Å². The first-order valence-electron chi connectivity index (χ1n) is 7.02. The van der Waals surface area contributed by atoms with Crippen LogP contribution in [0.3, 0.4) is 0 Å². The van der Waals surface area contributed by atoms with Crippen molar-refractivity contribution in [2.24, 2.45) is 0 Å². The van der Waals surface area contributed by atoms with Gasteiger partial charge >= 0.3 is 6.09 Å². The molecule has 0 aliphatic rings. The number of hydrogen-bond acceptors (Lipinski definition) is 5. The van der Waals surface area contributed by atoms with Crippen molar-refractivity contribution in [2.75, 3.05) is 25.5 Å². The molecule has 9 heteroatoms. The fourth-order valence-electron chi connectivity index (χ4n) is 1.50. The van der Waals surface area contributed by atoms with Crippen LogP contribution in [0.25, 0.3) is 0 Å². The summed E-state index contributed by atoms with van der Waals surface area (Å²) in [4.78, 5) is 11.7.